The van der Waals surface area contributed by atoms with Gasteiger partial charge in [-0.2, -0.15) is 0 Å². The van der Waals surface area contributed by atoms with Gasteiger partial charge >= 0.3 is 0 Å². The summed E-state index contributed by atoms with van der Waals surface area (Å²) in [6, 6.07) is 23.3. The Morgan fingerprint density at radius 2 is 1.74 bits per heavy atom. The average Bonchev–Trinajstić information content (AvgIpc) is 3.04. The molecule has 1 aliphatic heterocycles. The average molecular weight is 580 g/mol. The molecule has 7 nitrogen and oxygen atoms in total. The highest BCUT2D eigenvalue weighted by Gasteiger charge is 2.21. The van der Waals surface area contributed by atoms with E-state index in [4.69, 9.17) is 5.73 Å². The second kappa shape index (κ2) is 14.1. The van der Waals surface area contributed by atoms with Gasteiger partial charge in [-0.25, -0.2) is 4.39 Å². The molecule has 0 bridgehead atoms. The molecule has 2 amide bonds. The zero-order valence-corrected chi connectivity index (χ0v) is 24.5. The molecular weight excluding hydrogens is 541 g/mol. The van der Waals surface area contributed by atoms with Crippen LogP contribution in [0.25, 0.3) is 11.1 Å². The predicted molar refractivity (Wildman–Crippen MR) is 169 cm³/mol. The molecule has 0 atom stereocenters. The fraction of sp³-hybridized carbons (Fsp3) is 0.286. The van der Waals surface area contributed by atoms with Crippen LogP contribution in [0.1, 0.15) is 52.5 Å². The van der Waals surface area contributed by atoms with E-state index in [0.717, 1.165) is 48.3 Å². The number of nitrogens with two attached hydrogens (primary N) is 1. The third-order valence-corrected chi connectivity index (χ3v) is 7.94. The Morgan fingerprint density at radius 1 is 0.977 bits per heavy atom. The van der Waals surface area contributed by atoms with Gasteiger partial charge in [-0.15, -0.1) is 0 Å². The summed E-state index contributed by atoms with van der Waals surface area (Å²) in [4.78, 5) is 34.7. The number of carbonyl (C=O) groups excluding carboxylic acids is 2. The quantitative estimate of drug-likeness (QED) is 0.228. The summed E-state index contributed by atoms with van der Waals surface area (Å²) in [5.41, 5.74) is 11.3. The number of rotatable bonds is 10. The van der Waals surface area contributed by atoms with Crippen LogP contribution in [0, 0.1) is 11.7 Å². The van der Waals surface area contributed by atoms with Crippen LogP contribution in [-0.4, -0.2) is 47.9 Å². The number of hydrogen-bond donors (Lipinski definition) is 2. The van der Waals surface area contributed by atoms with Crippen molar-refractivity contribution in [3.63, 3.8) is 0 Å². The maximum atomic E-state index is 13.5. The first-order valence-electron chi connectivity index (χ1n) is 14.9. The van der Waals surface area contributed by atoms with Gasteiger partial charge in [-0.05, 0) is 103 Å². The van der Waals surface area contributed by atoms with Crippen molar-refractivity contribution in [2.45, 2.75) is 32.7 Å². The summed E-state index contributed by atoms with van der Waals surface area (Å²) < 4.78 is 13.5. The number of halogens is 1. The lowest BCUT2D eigenvalue weighted by Gasteiger charge is -2.33. The molecule has 0 unspecified atom stereocenters. The van der Waals surface area contributed by atoms with E-state index >= 15 is 0 Å². The first kappa shape index (κ1) is 29.9. The third kappa shape index (κ3) is 7.64. The number of pyridine rings is 1. The van der Waals surface area contributed by atoms with E-state index in [1.165, 1.54) is 24.3 Å². The minimum Gasteiger partial charge on any atom is -0.370 e. The molecule has 1 aromatic heterocycles. The molecule has 43 heavy (non-hydrogen) atoms. The van der Waals surface area contributed by atoms with Crippen LogP contribution in [0.2, 0.25) is 0 Å². The van der Waals surface area contributed by atoms with Gasteiger partial charge in [0.15, 0.2) is 0 Å². The van der Waals surface area contributed by atoms with Crippen molar-refractivity contribution in [1.82, 2.24) is 9.88 Å². The highest BCUT2D eigenvalue weighted by molar-refractivity contribution is 6.06. The molecule has 3 aromatic carbocycles. The molecule has 5 rings (SSSR count). The summed E-state index contributed by atoms with van der Waals surface area (Å²) in [6.45, 7) is 5.56. The second-order valence-corrected chi connectivity index (χ2v) is 11.2. The SMILES string of the molecule is CC1CCN(c2ccc(-c3cccc(CN(CCCN)C(=O)c4cccnc4)c3)cc2NC(=O)c2ccc(F)cc2)CC1. The Hall–Kier alpha value is -4.56. The van der Waals surface area contributed by atoms with E-state index in [2.05, 4.69) is 40.3 Å². The van der Waals surface area contributed by atoms with E-state index in [0.29, 0.717) is 48.8 Å². The number of carbonyl (C=O) groups is 2. The van der Waals surface area contributed by atoms with Gasteiger partial charge in [0.25, 0.3) is 11.8 Å². The summed E-state index contributed by atoms with van der Waals surface area (Å²) >= 11 is 0. The lowest BCUT2D eigenvalue weighted by atomic mass is 9.97. The van der Waals surface area contributed by atoms with Gasteiger partial charge in [0.2, 0.25) is 0 Å². The number of amides is 2. The van der Waals surface area contributed by atoms with E-state index < -0.39 is 0 Å². The smallest absolute Gasteiger partial charge is 0.255 e. The zero-order valence-electron chi connectivity index (χ0n) is 24.5. The maximum Gasteiger partial charge on any atom is 0.255 e. The van der Waals surface area contributed by atoms with Gasteiger partial charge < -0.3 is 20.9 Å². The first-order chi connectivity index (χ1) is 20.9. The Morgan fingerprint density at radius 3 is 2.47 bits per heavy atom. The lowest BCUT2D eigenvalue weighted by molar-refractivity contribution is 0.0741. The normalized spacial score (nSPS) is 13.5. The molecule has 1 fully saturated rings. The molecule has 0 radical (unpaired) electrons. The van der Waals surface area contributed by atoms with Crippen LogP contribution >= 0.6 is 0 Å². The number of nitrogens with one attached hydrogen (secondary N) is 1. The minimum atomic E-state index is -0.384. The van der Waals surface area contributed by atoms with Gasteiger partial charge in [-0.1, -0.05) is 31.2 Å². The van der Waals surface area contributed by atoms with Crippen LogP contribution in [0.4, 0.5) is 15.8 Å². The van der Waals surface area contributed by atoms with Crippen molar-refractivity contribution in [3.8, 4) is 11.1 Å². The molecule has 1 aliphatic rings. The van der Waals surface area contributed by atoms with Crippen LogP contribution in [0.3, 0.4) is 0 Å². The number of benzene rings is 3. The Kier molecular flexibility index (Phi) is 9.79. The summed E-state index contributed by atoms with van der Waals surface area (Å²) in [7, 11) is 0. The minimum absolute atomic E-state index is 0.0852. The van der Waals surface area contributed by atoms with Crippen molar-refractivity contribution < 1.29 is 14.0 Å². The molecule has 1 saturated heterocycles. The molecule has 0 spiro atoms. The number of anilines is 2. The Labute approximate surface area is 252 Å². The van der Waals surface area contributed by atoms with Crippen LogP contribution < -0.4 is 16.0 Å². The van der Waals surface area contributed by atoms with Crippen molar-refractivity contribution >= 4 is 23.2 Å². The molecule has 4 aromatic rings. The predicted octanol–water partition coefficient (Wildman–Crippen LogP) is 6.37. The van der Waals surface area contributed by atoms with E-state index in [1.807, 2.05) is 24.3 Å². The van der Waals surface area contributed by atoms with Gasteiger partial charge in [-0.3, -0.25) is 14.6 Å². The standard InChI is InChI=1S/C35H38FN5O2/c1-25-14-19-40(20-15-25)33-13-10-29(22-32(33)39-34(42)27-8-11-31(36)12-9-27)28-6-2-5-26(21-28)24-41(18-4-16-37)35(43)30-7-3-17-38-23-30/h2-3,5-13,17,21-23,25H,4,14-16,18-20,24,37H2,1H3,(H,39,42). The number of piperidine rings is 1. The van der Waals surface area contributed by atoms with Crippen molar-refractivity contribution in [2.24, 2.45) is 11.7 Å². The van der Waals surface area contributed by atoms with E-state index in [9.17, 15) is 14.0 Å². The van der Waals surface area contributed by atoms with Crippen LogP contribution in [-0.2, 0) is 6.54 Å². The number of nitrogens with zero attached hydrogens (tertiary/aromatic N) is 3. The second-order valence-electron chi connectivity index (χ2n) is 11.2. The maximum absolute atomic E-state index is 13.5. The van der Waals surface area contributed by atoms with Crippen LogP contribution in [0.5, 0.6) is 0 Å². The topological polar surface area (TPSA) is 91.6 Å². The molecule has 0 saturated carbocycles. The zero-order chi connectivity index (χ0) is 30.2. The fourth-order valence-electron chi connectivity index (χ4n) is 5.41. The van der Waals surface area contributed by atoms with Crippen molar-refractivity contribution in [2.75, 3.05) is 36.4 Å². The first-order valence-corrected chi connectivity index (χ1v) is 14.9. The number of hydrogen-bond acceptors (Lipinski definition) is 5. The van der Waals surface area contributed by atoms with E-state index in [1.54, 1.807) is 29.4 Å². The monoisotopic (exact) mass is 579 g/mol. The summed E-state index contributed by atoms with van der Waals surface area (Å²) in [5, 5.41) is 3.09. The molecule has 0 aliphatic carbocycles. The van der Waals surface area contributed by atoms with Crippen molar-refractivity contribution in [3.05, 3.63) is 114 Å². The summed E-state index contributed by atoms with van der Waals surface area (Å²) in [5.74, 6) is -0.0878. The largest absolute Gasteiger partial charge is 0.370 e. The van der Waals surface area contributed by atoms with E-state index in [-0.39, 0.29) is 17.6 Å². The van der Waals surface area contributed by atoms with Crippen molar-refractivity contribution in [1.29, 1.82) is 0 Å². The van der Waals surface area contributed by atoms with Gasteiger partial charge in [0.05, 0.1) is 16.9 Å². The third-order valence-electron chi connectivity index (χ3n) is 7.94. The fourth-order valence-corrected chi connectivity index (χ4v) is 5.41. The molecule has 3 N–H and O–H groups in total. The Balaban J connectivity index is 1.43. The Bertz CT molecular complexity index is 1540. The molecule has 2 heterocycles. The molecular formula is C35H38FN5O2. The highest BCUT2D eigenvalue weighted by Crippen LogP contribution is 2.35. The van der Waals surface area contributed by atoms with Crippen LogP contribution in [0.15, 0.2) is 91.3 Å². The number of aromatic nitrogens is 1. The summed E-state index contributed by atoms with van der Waals surface area (Å²) in [6.07, 6.45) is 6.11. The lowest BCUT2D eigenvalue weighted by Crippen LogP contribution is -2.33. The van der Waals surface area contributed by atoms with Gasteiger partial charge in [0, 0.05) is 44.1 Å². The highest BCUT2D eigenvalue weighted by atomic mass is 19.1. The molecule has 8 heteroatoms. The molecule has 222 valence electrons. The van der Waals surface area contributed by atoms with Gasteiger partial charge in [0.1, 0.15) is 5.82 Å².